The van der Waals surface area contributed by atoms with Crippen molar-refractivity contribution >= 4 is 27.3 Å². The maximum Gasteiger partial charge on any atom is 0.227 e. The highest BCUT2D eigenvalue weighted by atomic mass is 32.2. The summed E-state index contributed by atoms with van der Waals surface area (Å²) < 4.78 is 26.5. The van der Waals surface area contributed by atoms with Gasteiger partial charge >= 0.3 is 0 Å². The molecule has 3 N–H and O–H groups in total. The Morgan fingerprint density at radius 2 is 1.78 bits per heavy atom. The van der Waals surface area contributed by atoms with Gasteiger partial charge in [-0.3, -0.25) is 4.79 Å². The molecule has 0 heterocycles. The van der Waals surface area contributed by atoms with E-state index in [9.17, 15) is 13.2 Å². The first-order valence-electron chi connectivity index (χ1n) is 9.60. The molecule has 1 aromatic carbocycles. The molecule has 0 unspecified atom stereocenters. The zero-order valence-corrected chi connectivity index (χ0v) is 17.1. The summed E-state index contributed by atoms with van der Waals surface area (Å²) in [6.45, 7) is 5.06. The van der Waals surface area contributed by atoms with Crippen LogP contribution >= 0.6 is 0 Å². The van der Waals surface area contributed by atoms with Crippen molar-refractivity contribution < 1.29 is 13.2 Å². The Hall–Kier alpha value is -1.73. The van der Waals surface area contributed by atoms with Crippen LogP contribution < -0.4 is 10.0 Å². The molecule has 1 amide bonds. The van der Waals surface area contributed by atoms with Crippen LogP contribution in [0.15, 0.2) is 18.2 Å². The average molecular weight is 392 g/mol. The van der Waals surface area contributed by atoms with Crippen molar-refractivity contribution in [1.82, 2.24) is 4.72 Å². The SMILES string of the molecule is CC(C)(C)S(=O)(=O)NC1CCC(C(=O)Nc2ccc3c(c2)CCC3=N)CC1. The van der Waals surface area contributed by atoms with Gasteiger partial charge in [0.2, 0.25) is 15.9 Å². The first kappa shape index (κ1) is 20.0. The van der Waals surface area contributed by atoms with Gasteiger partial charge in [0, 0.05) is 23.4 Å². The van der Waals surface area contributed by atoms with Crippen LogP contribution in [0.3, 0.4) is 0 Å². The molecular weight excluding hydrogens is 362 g/mol. The number of sulfonamides is 1. The maximum atomic E-state index is 12.6. The number of anilines is 1. The molecule has 3 rings (SSSR count). The minimum Gasteiger partial charge on any atom is -0.326 e. The Bertz CT molecular complexity index is 848. The second-order valence-electron chi connectivity index (χ2n) is 8.62. The van der Waals surface area contributed by atoms with Crippen LogP contribution in [0.4, 0.5) is 5.69 Å². The van der Waals surface area contributed by atoms with Crippen LogP contribution in [-0.2, 0) is 21.2 Å². The lowest BCUT2D eigenvalue weighted by Gasteiger charge is -2.30. The molecule has 0 bridgehead atoms. The number of nitrogens with one attached hydrogen (secondary N) is 3. The van der Waals surface area contributed by atoms with Gasteiger partial charge in [0.25, 0.3) is 0 Å². The normalized spacial score (nSPS) is 23.1. The molecule has 1 saturated carbocycles. The highest BCUT2D eigenvalue weighted by Gasteiger charge is 2.34. The predicted octanol–water partition coefficient (Wildman–Crippen LogP) is 3.22. The highest BCUT2D eigenvalue weighted by molar-refractivity contribution is 7.90. The van der Waals surface area contributed by atoms with Crippen molar-refractivity contribution in [2.45, 2.75) is 70.1 Å². The van der Waals surface area contributed by atoms with E-state index in [2.05, 4.69) is 10.0 Å². The molecular formula is C20H29N3O3S. The predicted molar refractivity (Wildman–Crippen MR) is 108 cm³/mol. The van der Waals surface area contributed by atoms with E-state index in [0.717, 1.165) is 29.7 Å². The summed E-state index contributed by atoms with van der Waals surface area (Å²) in [5, 5.41) is 10.9. The van der Waals surface area contributed by atoms with Gasteiger partial charge in [-0.2, -0.15) is 0 Å². The van der Waals surface area contributed by atoms with Crippen LogP contribution in [0.1, 0.15) is 64.0 Å². The standard InChI is InChI=1S/C20H29N3O3S/c1-20(2,3)27(25,26)23-15-7-4-13(5-8-15)19(24)22-16-9-10-17-14(12-16)6-11-18(17)21/h9-10,12-13,15,21,23H,4-8,11H2,1-3H3,(H,22,24). The molecule has 0 radical (unpaired) electrons. The van der Waals surface area contributed by atoms with Crippen LogP contribution in [0.25, 0.3) is 0 Å². The summed E-state index contributed by atoms with van der Waals surface area (Å²) in [4.78, 5) is 12.6. The highest BCUT2D eigenvalue weighted by Crippen LogP contribution is 2.29. The van der Waals surface area contributed by atoms with Gasteiger partial charge in [0.15, 0.2) is 0 Å². The molecule has 27 heavy (non-hydrogen) atoms. The molecule has 0 atom stereocenters. The van der Waals surface area contributed by atoms with Gasteiger partial charge in [-0.15, -0.1) is 0 Å². The fourth-order valence-electron chi connectivity index (χ4n) is 3.68. The fourth-order valence-corrected chi connectivity index (χ4v) is 4.71. The minimum absolute atomic E-state index is 0.000141. The molecule has 6 nitrogen and oxygen atoms in total. The number of carbonyl (C=O) groups is 1. The third-order valence-electron chi connectivity index (χ3n) is 5.57. The minimum atomic E-state index is -3.36. The van der Waals surface area contributed by atoms with Crippen molar-refractivity contribution in [2.24, 2.45) is 5.92 Å². The second kappa shape index (κ2) is 7.36. The number of hydrogen-bond donors (Lipinski definition) is 3. The smallest absolute Gasteiger partial charge is 0.227 e. The van der Waals surface area contributed by atoms with E-state index in [-0.39, 0.29) is 17.9 Å². The first-order valence-corrected chi connectivity index (χ1v) is 11.1. The molecule has 1 fully saturated rings. The molecule has 7 heteroatoms. The van der Waals surface area contributed by atoms with Crippen LogP contribution in [0.5, 0.6) is 0 Å². The van der Waals surface area contributed by atoms with Gasteiger partial charge in [0.05, 0.1) is 4.75 Å². The quantitative estimate of drug-likeness (QED) is 0.735. The van der Waals surface area contributed by atoms with Gasteiger partial charge < -0.3 is 10.7 Å². The van der Waals surface area contributed by atoms with E-state index in [4.69, 9.17) is 5.41 Å². The lowest BCUT2D eigenvalue weighted by molar-refractivity contribution is -0.120. The monoisotopic (exact) mass is 391 g/mol. The molecule has 2 aliphatic rings. The summed E-state index contributed by atoms with van der Waals surface area (Å²) >= 11 is 0. The van der Waals surface area contributed by atoms with E-state index >= 15 is 0 Å². The van der Waals surface area contributed by atoms with Crippen LogP contribution in [0, 0.1) is 11.3 Å². The summed E-state index contributed by atoms with van der Waals surface area (Å²) in [7, 11) is -3.36. The Kier molecular flexibility index (Phi) is 5.45. The zero-order chi connectivity index (χ0) is 19.8. The van der Waals surface area contributed by atoms with E-state index in [0.29, 0.717) is 31.4 Å². The van der Waals surface area contributed by atoms with Crippen molar-refractivity contribution in [1.29, 1.82) is 5.41 Å². The van der Waals surface area contributed by atoms with Crippen molar-refractivity contribution in [3.8, 4) is 0 Å². The van der Waals surface area contributed by atoms with Gasteiger partial charge in [0.1, 0.15) is 0 Å². The number of fused-ring (bicyclic) bond motifs is 1. The van der Waals surface area contributed by atoms with E-state index in [1.165, 1.54) is 0 Å². The number of amides is 1. The van der Waals surface area contributed by atoms with E-state index in [1.54, 1.807) is 20.8 Å². The summed E-state index contributed by atoms with van der Waals surface area (Å²) in [6, 6.07) is 5.65. The summed E-state index contributed by atoms with van der Waals surface area (Å²) in [5.41, 5.74) is 3.56. The van der Waals surface area contributed by atoms with Crippen molar-refractivity contribution in [2.75, 3.05) is 5.32 Å². The lowest BCUT2D eigenvalue weighted by atomic mass is 9.86. The molecule has 148 valence electrons. The van der Waals surface area contributed by atoms with Crippen LogP contribution in [-0.4, -0.2) is 30.8 Å². The molecule has 0 aromatic heterocycles. The van der Waals surface area contributed by atoms with Gasteiger partial charge in [-0.1, -0.05) is 6.07 Å². The Morgan fingerprint density at radius 3 is 2.41 bits per heavy atom. The van der Waals surface area contributed by atoms with Gasteiger partial charge in [-0.25, -0.2) is 13.1 Å². The lowest BCUT2D eigenvalue weighted by Crippen LogP contribution is -2.46. The number of benzene rings is 1. The molecule has 0 spiro atoms. The molecule has 0 saturated heterocycles. The van der Waals surface area contributed by atoms with Crippen LogP contribution in [0.2, 0.25) is 0 Å². The number of rotatable bonds is 4. The molecule has 0 aliphatic heterocycles. The zero-order valence-electron chi connectivity index (χ0n) is 16.3. The van der Waals surface area contributed by atoms with E-state index in [1.807, 2.05) is 18.2 Å². The summed E-state index contributed by atoms with van der Waals surface area (Å²) in [5.74, 6) is -0.0907. The van der Waals surface area contributed by atoms with E-state index < -0.39 is 14.8 Å². The fraction of sp³-hybridized carbons (Fsp3) is 0.600. The number of carbonyl (C=O) groups excluding carboxylic acids is 1. The largest absolute Gasteiger partial charge is 0.326 e. The van der Waals surface area contributed by atoms with Crippen molar-refractivity contribution in [3.05, 3.63) is 29.3 Å². The number of aryl methyl sites for hydroxylation is 1. The third-order valence-corrected chi connectivity index (χ3v) is 7.82. The Morgan fingerprint density at radius 1 is 1.11 bits per heavy atom. The van der Waals surface area contributed by atoms with Gasteiger partial charge in [-0.05, 0) is 82.6 Å². The molecule has 2 aliphatic carbocycles. The number of hydrogen-bond acceptors (Lipinski definition) is 4. The topological polar surface area (TPSA) is 99.1 Å². The Labute approximate surface area is 161 Å². The average Bonchev–Trinajstić information content (AvgIpc) is 2.95. The van der Waals surface area contributed by atoms with Crippen molar-refractivity contribution in [3.63, 3.8) is 0 Å². The Balaban J connectivity index is 1.54. The third kappa shape index (κ3) is 4.41. The first-order chi connectivity index (χ1) is 12.6. The second-order valence-corrected chi connectivity index (χ2v) is 11.1. The molecule has 1 aromatic rings. The summed E-state index contributed by atoms with van der Waals surface area (Å²) in [6.07, 6.45) is 4.33. The maximum absolute atomic E-state index is 12.6.